The van der Waals surface area contributed by atoms with Gasteiger partial charge in [0.2, 0.25) is 0 Å². The molecule has 0 heterocycles. The Morgan fingerprint density at radius 2 is 0.469 bits per heavy atom. The summed E-state index contributed by atoms with van der Waals surface area (Å²) in [5, 5.41) is 10.6. The molecule has 17 nitrogen and oxygen atoms in total. The molecule has 2 unspecified atom stereocenters. The van der Waals surface area contributed by atoms with Gasteiger partial charge in [-0.3, -0.25) is 37.3 Å². The molecule has 0 aromatic rings. The highest BCUT2D eigenvalue weighted by atomic mass is 31.2. The zero-order valence-corrected chi connectivity index (χ0v) is 65.7. The van der Waals surface area contributed by atoms with Crippen molar-refractivity contribution in [2.24, 2.45) is 5.92 Å². The van der Waals surface area contributed by atoms with E-state index in [1.165, 1.54) is 244 Å². The zero-order valence-electron chi connectivity index (χ0n) is 63.9. The maximum atomic E-state index is 13.1. The second-order valence-electron chi connectivity index (χ2n) is 28.9. The van der Waals surface area contributed by atoms with E-state index in [2.05, 4.69) is 34.6 Å². The number of esters is 4. The van der Waals surface area contributed by atoms with Gasteiger partial charge in [0.15, 0.2) is 12.2 Å². The average Bonchev–Trinajstić information content (AvgIpc) is 0.950. The van der Waals surface area contributed by atoms with Crippen LogP contribution >= 0.6 is 15.6 Å². The third-order valence-corrected chi connectivity index (χ3v) is 20.4. The van der Waals surface area contributed by atoms with E-state index < -0.39 is 97.5 Å². The first kappa shape index (κ1) is 96.1. The fraction of sp³-hybridized carbons (Fsp3) is 0.949. The summed E-state index contributed by atoms with van der Waals surface area (Å²) in [6.45, 7) is 7.26. The quantitative estimate of drug-likeness (QED) is 0.0222. The van der Waals surface area contributed by atoms with Crippen molar-refractivity contribution in [3.05, 3.63) is 0 Å². The summed E-state index contributed by atoms with van der Waals surface area (Å²) < 4.78 is 68.6. The molecule has 0 radical (unpaired) electrons. The molecule has 0 aromatic heterocycles. The lowest BCUT2D eigenvalue weighted by molar-refractivity contribution is -0.161. The molecule has 0 amide bonds. The van der Waals surface area contributed by atoms with E-state index in [0.29, 0.717) is 25.7 Å². The first-order valence-electron chi connectivity index (χ1n) is 41.1. The molecule has 0 bridgehead atoms. The highest BCUT2D eigenvalue weighted by Crippen LogP contribution is 2.45. The first-order valence-corrected chi connectivity index (χ1v) is 44.1. The van der Waals surface area contributed by atoms with Crippen LogP contribution in [0.3, 0.4) is 0 Å². The Balaban J connectivity index is 5.19. The van der Waals surface area contributed by atoms with Gasteiger partial charge in [-0.05, 0) is 31.6 Å². The van der Waals surface area contributed by atoms with E-state index in [4.69, 9.17) is 37.0 Å². The van der Waals surface area contributed by atoms with Gasteiger partial charge in [0.25, 0.3) is 0 Å². The molecular weight excluding hydrogens is 1280 g/mol. The Hall–Kier alpha value is -1.94. The van der Waals surface area contributed by atoms with Crippen molar-refractivity contribution in [3.63, 3.8) is 0 Å². The van der Waals surface area contributed by atoms with E-state index >= 15 is 0 Å². The van der Waals surface area contributed by atoms with Crippen molar-refractivity contribution in [1.29, 1.82) is 0 Å². The van der Waals surface area contributed by atoms with Crippen LogP contribution in [0.1, 0.15) is 420 Å². The lowest BCUT2D eigenvalue weighted by atomic mass is 10.0. The summed E-state index contributed by atoms with van der Waals surface area (Å²) in [6, 6.07) is 0. The van der Waals surface area contributed by atoms with E-state index in [0.717, 1.165) is 95.8 Å². The minimum absolute atomic E-state index is 0.105. The molecule has 0 fully saturated rings. The minimum atomic E-state index is -4.96. The summed E-state index contributed by atoms with van der Waals surface area (Å²) >= 11 is 0. The topological polar surface area (TPSA) is 237 Å². The number of phosphoric ester groups is 2. The Morgan fingerprint density at radius 3 is 0.694 bits per heavy atom. The molecule has 582 valence electrons. The molecule has 0 rings (SSSR count). The molecule has 5 atom stereocenters. The Kier molecular flexibility index (Phi) is 70.6. The fourth-order valence-corrected chi connectivity index (χ4v) is 13.8. The van der Waals surface area contributed by atoms with Gasteiger partial charge in [-0.25, -0.2) is 9.13 Å². The Bertz CT molecular complexity index is 1870. The lowest BCUT2D eigenvalue weighted by Crippen LogP contribution is -2.30. The van der Waals surface area contributed by atoms with Crippen LogP contribution in [-0.2, 0) is 65.4 Å². The van der Waals surface area contributed by atoms with Gasteiger partial charge < -0.3 is 33.8 Å². The fourth-order valence-electron chi connectivity index (χ4n) is 12.2. The maximum Gasteiger partial charge on any atom is 0.472 e. The van der Waals surface area contributed by atoms with Crippen molar-refractivity contribution < 1.29 is 80.2 Å². The van der Waals surface area contributed by atoms with Gasteiger partial charge in [0, 0.05) is 25.7 Å². The molecule has 0 aliphatic heterocycles. The SMILES string of the molecule is CCCCCCCCCCCCCCCCCCCCCCCCC(=O)O[C@H](COC(=O)CCCCCCCCCCCCCCCC)COP(=O)(O)OC[C@@H](O)COP(=O)(O)OC[C@@H](COC(=O)CCCCCCCCCCCCC)OC(=O)CCCCCCCCCCC(C)C. The highest BCUT2D eigenvalue weighted by molar-refractivity contribution is 7.47. The molecule has 19 heteroatoms. The van der Waals surface area contributed by atoms with Crippen molar-refractivity contribution in [1.82, 2.24) is 0 Å². The molecule has 0 spiro atoms. The number of carbonyl (C=O) groups is 4. The summed E-state index contributed by atoms with van der Waals surface area (Å²) in [5.41, 5.74) is 0. The van der Waals surface area contributed by atoms with Gasteiger partial charge >= 0.3 is 39.5 Å². The average molecular weight is 1440 g/mol. The van der Waals surface area contributed by atoms with Crippen LogP contribution in [0.25, 0.3) is 0 Å². The van der Waals surface area contributed by atoms with Crippen molar-refractivity contribution in [3.8, 4) is 0 Å². The monoisotopic (exact) mass is 1440 g/mol. The van der Waals surface area contributed by atoms with Crippen molar-refractivity contribution in [2.75, 3.05) is 39.6 Å². The number of aliphatic hydroxyl groups excluding tert-OH is 1. The summed E-state index contributed by atoms with van der Waals surface area (Å²) in [5.74, 6) is -1.39. The van der Waals surface area contributed by atoms with E-state index in [9.17, 15) is 43.2 Å². The largest absolute Gasteiger partial charge is 0.472 e. The maximum absolute atomic E-state index is 13.1. The number of rotatable bonds is 79. The van der Waals surface area contributed by atoms with E-state index in [-0.39, 0.29) is 25.7 Å². The van der Waals surface area contributed by atoms with Gasteiger partial charge in [-0.1, -0.05) is 369 Å². The molecule has 0 aliphatic rings. The van der Waals surface area contributed by atoms with Gasteiger partial charge in [-0.2, -0.15) is 0 Å². The molecule has 98 heavy (non-hydrogen) atoms. The number of phosphoric acid groups is 2. The molecule has 0 aromatic carbocycles. The standard InChI is InChI=1S/C79H154O17P2/c1-6-9-12-15-18-21-24-26-28-29-30-31-32-33-34-35-37-40-43-49-54-59-64-78(83)95-74(68-90-77(82)63-58-53-48-42-39-36-27-25-22-19-16-13-10-7-2)70-93-97(85,86)91-66-73(80)67-92-98(87,88)94-71-75(96-79(84)65-60-55-50-45-44-46-51-56-61-72(4)5)69-89-76(81)62-57-52-47-41-38-23-20-17-14-11-8-3/h72-75,80H,6-71H2,1-5H3,(H,85,86)(H,87,88)/t73-,74-,75-/m1/s1. The van der Waals surface area contributed by atoms with E-state index in [1.807, 2.05) is 0 Å². The second kappa shape index (κ2) is 72.0. The van der Waals surface area contributed by atoms with Crippen LogP contribution in [-0.4, -0.2) is 96.7 Å². The van der Waals surface area contributed by atoms with Gasteiger partial charge in [-0.15, -0.1) is 0 Å². The molecule has 3 N–H and O–H groups in total. The van der Waals surface area contributed by atoms with Crippen molar-refractivity contribution in [2.45, 2.75) is 438 Å². The van der Waals surface area contributed by atoms with Crippen LogP contribution in [0, 0.1) is 5.92 Å². The van der Waals surface area contributed by atoms with Crippen molar-refractivity contribution >= 4 is 39.5 Å². The highest BCUT2D eigenvalue weighted by Gasteiger charge is 2.30. The zero-order chi connectivity index (χ0) is 71.9. The summed E-state index contributed by atoms with van der Waals surface area (Å²) in [4.78, 5) is 72.9. The van der Waals surface area contributed by atoms with Gasteiger partial charge in [0.05, 0.1) is 26.4 Å². The molecular formula is C79H154O17P2. The second-order valence-corrected chi connectivity index (χ2v) is 31.8. The molecule has 0 saturated carbocycles. The number of hydrogen-bond acceptors (Lipinski definition) is 15. The number of unbranched alkanes of at least 4 members (excludes halogenated alkanes) is 51. The summed E-state index contributed by atoms with van der Waals surface area (Å²) in [7, 11) is -9.91. The van der Waals surface area contributed by atoms with E-state index in [1.54, 1.807) is 0 Å². The van der Waals surface area contributed by atoms with Crippen LogP contribution in [0.2, 0.25) is 0 Å². The Morgan fingerprint density at radius 1 is 0.276 bits per heavy atom. The molecule has 0 aliphatic carbocycles. The predicted molar refractivity (Wildman–Crippen MR) is 400 cm³/mol. The number of ether oxygens (including phenoxy) is 4. The van der Waals surface area contributed by atoms with Crippen LogP contribution in [0.5, 0.6) is 0 Å². The number of hydrogen-bond donors (Lipinski definition) is 3. The predicted octanol–water partition coefficient (Wildman–Crippen LogP) is 23.6. The third-order valence-electron chi connectivity index (χ3n) is 18.5. The smallest absolute Gasteiger partial charge is 0.462 e. The normalized spacial score (nSPS) is 13.9. The van der Waals surface area contributed by atoms with Gasteiger partial charge in [0.1, 0.15) is 19.3 Å². The summed E-state index contributed by atoms with van der Waals surface area (Å²) in [6.07, 6.45) is 62.6. The van der Waals surface area contributed by atoms with Crippen LogP contribution in [0.4, 0.5) is 0 Å². The lowest BCUT2D eigenvalue weighted by Gasteiger charge is -2.21. The first-order chi connectivity index (χ1) is 47.5. The molecule has 0 saturated heterocycles. The number of carbonyl (C=O) groups excluding carboxylic acids is 4. The minimum Gasteiger partial charge on any atom is -0.462 e. The van der Waals surface area contributed by atoms with Crippen LogP contribution < -0.4 is 0 Å². The number of aliphatic hydroxyl groups is 1. The Labute approximate surface area is 600 Å². The van der Waals surface area contributed by atoms with Crippen LogP contribution in [0.15, 0.2) is 0 Å². The third kappa shape index (κ3) is 72.4.